The van der Waals surface area contributed by atoms with E-state index in [4.69, 9.17) is 4.74 Å². The molecule has 0 fully saturated rings. The molecule has 2 aromatic carbocycles. The van der Waals surface area contributed by atoms with Crippen molar-refractivity contribution in [3.63, 3.8) is 0 Å². The van der Waals surface area contributed by atoms with Crippen LogP contribution < -0.4 is 9.64 Å². The normalized spacial score (nSPS) is 16.2. The number of carbonyl (C=O) groups excluding carboxylic acids is 2. The molecule has 8 heteroatoms. The van der Waals surface area contributed by atoms with Crippen LogP contribution in [0.2, 0.25) is 0 Å². The predicted octanol–water partition coefficient (Wildman–Crippen LogP) is 4.69. The number of aromatic nitrogens is 1. The largest absolute Gasteiger partial charge is 0.503 e. The number of methoxy groups -OCH3 is 1. The maximum absolute atomic E-state index is 13.5. The fourth-order valence-electron chi connectivity index (χ4n) is 3.70. The van der Waals surface area contributed by atoms with Crippen molar-refractivity contribution in [1.82, 2.24) is 4.98 Å². The van der Waals surface area contributed by atoms with Crippen LogP contribution in [-0.2, 0) is 4.79 Å². The highest BCUT2D eigenvalue weighted by molar-refractivity contribution is 7.14. The van der Waals surface area contributed by atoms with Gasteiger partial charge in [-0.05, 0) is 55.8 Å². The van der Waals surface area contributed by atoms with Gasteiger partial charge in [0.2, 0.25) is 5.78 Å². The molecule has 1 amide bonds. The van der Waals surface area contributed by atoms with Gasteiger partial charge in [-0.3, -0.25) is 14.5 Å². The molecule has 0 aliphatic carbocycles. The SMILES string of the molecule is COc1cccc(C2C(C(=O)c3sc(C)nc3C)=C(O)C(=O)N2c2ccc(F)cc2)c1. The number of hydrogen-bond acceptors (Lipinski definition) is 6. The van der Waals surface area contributed by atoms with E-state index in [1.165, 1.54) is 47.6 Å². The second-order valence-corrected chi connectivity index (χ2v) is 8.27. The van der Waals surface area contributed by atoms with Crippen LogP contribution in [0, 0.1) is 19.7 Å². The molecule has 1 aliphatic rings. The lowest BCUT2D eigenvalue weighted by Gasteiger charge is -2.27. The lowest BCUT2D eigenvalue weighted by atomic mass is 9.94. The number of rotatable bonds is 5. The van der Waals surface area contributed by atoms with E-state index < -0.39 is 29.3 Å². The van der Waals surface area contributed by atoms with Crippen LogP contribution in [0.15, 0.2) is 59.9 Å². The summed E-state index contributed by atoms with van der Waals surface area (Å²) in [6.45, 7) is 3.50. The maximum Gasteiger partial charge on any atom is 0.294 e. The summed E-state index contributed by atoms with van der Waals surface area (Å²) in [7, 11) is 1.51. The number of nitrogens with zero attached hydrogens (tertiary/aromatic N) is 2. The van der Waals surface area contributed by atoms with Gasteiger partial charge in [0.05, 0.1) is 34.3 Å². The Kier molecular flexibility index (Phi) is 5.32. The van der Waals surface area contributed by atoms with Crippen molar-refractivity contribution in [3.05, 3.63) is 86.8 Å². The molecule has 0 saturated carbocycles. The molecule has 3 aromatic rings. The number of thiazole rings is 1. The van der Waals surface area contributed by atoms with Crippen molar-refractivity contribution in [2.75, 3.05) is 12.0 Å². The van der Waals surface area contributed by atoms with Crippen LogP contribution in [-0.4, -0.2) is 28.9 Å². The Morgan fingerprint density at radius 1 is 1.19 bits per heavy atom. The molecule has 4 rings (SSSR count). The van der Waals surface area contributed by atoms with Gasteiger partial charge in [0.15, 0.2) is 5.76 Å². The molecule has 1 aromatic heterocycles. The lowest BCUT2D eigenvalue weighted by Crippen LogP contribution is -2.31. The van der Waals surface area contributed by atoms with Crippen molar-refractivity contribution in [2.24, 2.45) is 0 Å². The summed E-state index contributed by atoms with van der Waals surface area (Å²) in [5.74, 6) is -1.76. The van der Waals surface area contributed by atoms with Gasteiger partial charge in [0.25, 0.3) is 5.91 Å². The second kappa shape index (κ2) is 7.96. The number of aryl methyl sites for hydroxylation is 2. The summed E-state index contributed by atoms with van der Waals surface area (Å²) < 4.78 is 18.8. The Hall–Kier alpha value is -3.52. The summed E-state index contributed by atoms with van der Waals surface area (Å²) in [5.41, 5.74) is 1.41. The molecule has 1 unspecified atom stereocenters. The molecule has 0 spiro atoms. The topological polar surface area (TPSA) is 79.7 Å². The summed E-state index contributed by atoms with van der Waals surface area (Å²) in [5, 5.41) is 11.5. The highest BCUT2D eigenvalue weighted by atomic mass is 32.1. The van der Waals surface area contributed by atoms with E-state index in [1.807, 2.05) is 0 Å². The first kappa shape index (κ1) is 20.7. The van der Waals surface area contributed by atoms with Gasteiger partial charge in [-0.15, -0.1) is 11.3 Å². The number of Topliss-reactive ketones (excluding diaryl/α,β-unsaturated/α-hetero) is 1. The van der Waals surface area contributed by atoms with Gasteiger partial charge >= 0.3 is 0 Å². The van der Waals surface area contributed by atoms with E-state index in [1.54, 1.807) is 38.1 Å². The van der Waals surface area contributed by atoms with E-state index in [0.29, 0.717) is 32.6 Å². The maximum atomic E-state index is 13.5. The third kappa shape index (κ3) is 3.59. The Balaban J connectivity index is 1.90. The minimum absolute atomic E-state index is 0.0469. The molecule has 1 N–H and O–H groups in total. The van der Waals surface area contributed by atoms with Crippen molar-refractivity contribution in [1.29, 1.82) is 0 Å². The Morgan fingerprint density at radius 3 is 2.52 bits per heavy atom. The Labute approximate surface area is 182 Å². The van der Waals surface area contributed by atoms with Crippen LogP contribution in [0.1, 0.15) is 32.0 Å². The number of anilines is 1. The van der Waals surface area contributed by atoms with Gasteiger partial charge in [-0.1, -0.05) is 12.1 Å². The summed E-state index contributed by atoms with van der Waals surface area (Å²) >= 11 is 1.21. The predicted molar refractivity (Wildman–Crippen MR) is 115 cm³/mol. The van der Waals surface area contributed by atoms with Gasteiger partial charge in [-0.25, -0.2) is 9.37 Å². The van der Waals surface area contributed by atoms with Crippen molar-refractivity contribution in [3.8, 4) is 5.75 Å². The molecule has 2 heterocycles. The van der Waals surface area contributed by atoms with Crippen LogP contribution in [0.4, 0.5) is 10.1 Å². The number of benzene rings is 2. The number of amides is 1. The molecule has 0 radical (unpaired) electrons. The lowest BCUT2D eigenvalue weighted by molar-refractivity contribution is -0.117. The average Bonchev–Trinajstić information content (AvgIpc) is 3.24. The smallest absolute Gasteiger partial charge is 0.294 e. The molecule has 6 nitrogen and oxygen atoms in total. The Morgan fingerprint density at radius 2 is 1.90 bits per heavy atom. The molecule has 31 heavy (non-hydrogen) atoms. The minimum Gasteiger partial charge on any atom is -0.503 e. The zero-order chi connectivity index (χ0) is 22.3. The quantitative estimate of drug-likeness (QED) is 0.585. The van der Waals surface area contributed by atoms with Gasteiger partial charge in [-0.2, -0.15) is 0 Å². The number of halogens is 1. The monoisotopic (exact) mass is 438 g/mol. The first-order valence-electron chi connectivity index (χ1n) is 9.46. The number of aliphatic hydroxyl groups excluding tert-OH is 1. The van der Waals surface area contributed by atoms with Crippen molar-refractivity contribution < 1.29 is 23.8 Å². The second-order valence-electron chi connectivity index (χ2n) is 7.07. The van der Waals surface area contributed by atoms with E-state index >= 15 is 0 Å². The Bertz CT molecular complexity index is 1220. The summed E-state index contributed by atoms with van der Waals surface area (Å²) in [4.78, 5) is 32.5. The molecule has 0 bridgehead atoms. The fraction of sp³-hybridized carbons (Fsp3) is 0.174. The van der Waals surface area contributed by atoms with Gasteiger partial charge in [0, 0.05) is 5.69 Å². The minimum atomic E-state index is -0.914. The number of ketones is 1. The average molecular weight is 438 g/mol. The summed E-state index contributed by atoms with van der Waals surface area (Å²) in [6, 6.07) is 11.3. The third-order valence-corrected chi connectivity index (χ3v) is 6.15. The van der Waals surface area contributed by atoms with Gasteiger partial charge < -0.3 is 9.84 Å². The summed E-state index contributed by atoms with van der Waals surface area (Å²) in [6.07, 6.45) is 0. The van der Waals surface area contributed by atoms with Crippen molar-refractivity contribution >= 4 is 28.7 Å². The zero-order valence-corrected chi connectivity index (χ0v) is 17.9. The number of carbonyl (C=O) groups is 2. The third-order valence-electron chi connectivity index (χ3n) is 5.08. The van der Waals surface area contributed by atoms with Crippen molar-refractivity contribution in [2.45, 2.75) is 19.9 Å². The highest BCUT2D eigenvalue weighted by Gasteiger charge is 2.45. The van der Waals surface area contributed by atoms with Gasteiger partial charge in [0.1, 0.15) is 11.6 Å². The fourth-order valence-corrected chi connectivity index (χ4v) is 4.57. The van der Waals surface area contributed by atoms with E-state index in [0.717, 1.165) is 0 Å². The molecular weight excluding hydrogens is 419 g/mol. The van der Waals surface area contributed by atoms with Crippen LogP contribution >= 0.6 is 11.3 Å². The standard InChI is InChI=1S/C23H19FN2O4S/c1-12-22(31-13(2)25-12)20(27)18-19(14-5-4-6-17(11-14)30-3)26(23(29)21(18)28)16-9-7-15(24)8-10-16/h4-11,19,28H,1-3H3. The molecular formula is C23H19FN2O4S. The first-order chi connectivity index (χ1) is 14.8. The molecule has 1 atom stereocenters. The number of aliphatic hydroxyl groups is 1. The van der Waals surface area contributed by atoms with Crippen LogP contribution in [0.25, 0.3) is 0 Å². The molecule has 0 saturated heterocycles. The van der Waals surface area contributed by atoms with Crippen LogP contribution in [0.3, 0.4) is 0 Å². The first-order valence-corrected chi connectivity index (χ1v) is 10.3. The van der Waals surface area contributed by atoms with E-state index in [2.05, 4.69) is 4.98 Å². The highest BCUT2D eigenvalue weighted by Crippen LogP contribution is 2.43. The van der Waals surface area contributed by atoms with Crippen LogP contribution in [0.5, 0.6) is 5.75 Å². The number of hydrogen-bond donors (Lipinski definition) is 1. The van der Waals surface area contributed by atoms with E-state index in [9.17, 15) is 19.1 Å². The van der Waals surface area contributed by atoms with E-state index in [-0.39, 0.29) is 5.57 Å². The zero-order valence-electron chi connectivity index (χ0n) is 17.0. The molecule has 158 valence electrons. The molecule has 1 aliphatic heterocycles. The number of ether oxygens (including phenoxy) is 1.